The molecule has 0 aliphatic rings. The quantitative estimate of drug-likeness (QED) is 0.313. The summed E-state index contributed by atoms with van der Waals surface area (Å²) in [5.41, 5.74) is 6.81. The second-order valence-electron chi connectivity index (χ2n) is 9.08. The van der Waals surface area contributed by atoms with Crippen LogP contribution in [0, 0.1) is 6.92 Å². The molecule has 0 aliphatic heterocycles. The smallest absolute Gasteiger partial charge is 0.251 e. The highest BCUT2D eigenvalue weighted by Gasteiger charge is 2.34. The third kappa shape index (κ3) is 3.55. The molecule has 0 saturated carbocycles. The first-order chi connectivity index (χ1) is 16.3. The lowest BCUT2D eigenvalue weighted by atomic mass is 9.73. The first kappa shape index (κ1) is 22.2. The van der Waals surface area contributed by atoms with Gasteiger partial charge in [-0.2, -0.15) is 0 Å². The summed E-state index contributed by atoms with van der Waals surface area (Å²) in [5, 5.41) is 1.74. The normalized spacial score (nSPS) is 13.2. The van der Waals surface area contributed by atoms with E-state index in [0.29, 0.717) is 5.02 Å². The Labute approximate surface area is 204 Å². The van der Waals surface area contributed by atoms with Crippen LogP contribution >= 0.6 is 11.6 Å². The fourth-order valence-electron chi connectivity index (χ4n) is 4.91. The van der Waals surface area contributed by atoms with Crippen molar-refractivity contribution < 1.29 is 0 Å². The van der Waals surface area contributed by atoms with Crippen LogP contribution in [0.15, 0.2) is 90.1 Å². The zero-order chi connectivity index (χ0) is 24.0. The van der Waals surface area contributed by atoms with Crippen molar-refractivity contribution in [3.63, 3.8) is 0 Å². The Morgan fingerprint density at radius 1 is 0.912 bits per heavy atom. The van der Waals surface area contributed by atoms with Crippen molar-refractivity contribution in [2.45, 2.75) is 19.3 Å². The van der Waals surface area contributed by atoms with Gasteiger partial charge < -0.3 is 9.13 Å². The monoisotopic (exact) mass is 467 g/mol. The van der Waals surface area contributed by atoms with Crippen LogP contribution in [0.4, 0.5) is 0 Å². The fraction of sp³-hybridized carbons (Fsp3) is 0.172. The predicted molar refractivity (Wildman–Crippen MR) is 140 cm³/mol. The molecule has 0 N–H and O–H groups in total. The van der Waals surface area contributed by atoms with E-state index in [9.17, 15) is 4.79 Å². The van der Waals surface area contributed by atoms with Crippen LogP contribution in [0.3, 0.4) is 0 Å². The molecule has 4 nitrogen and oxygen atoms in total. The van der Waals surface area contributed by atoms with Crippen LogP contribution in [0.5, 0.6) is 0 Å². The second-order valence-corrected chi connectivity index (χ2v) is 9.51. The van der Waals surface area contributed by atoms with Gasteiger partial charge in [0.2, 0.25) is 0 Å². The predicted octanol–water partition coefficient (Wildman–Crippen LogP) is 6.26. The van der Waals surface area contributed by atoms with Gasteiger partial charge >= 0.3 is 0 Å². The van der Waals surface area contributed by atoms with Crippen molar-refractivity contribution >= 4 is 22.5 Å². The van der Waals surface area contributed by atoms with Crippen LogP contribution in [0.2, 0.25) is 5.02 Å². The molecule has 2 heterocycles. The Morgan fingerprint density at radius 2 is 1.65 bits per heavy atom. The van der Waals surface area contributed by atoms with E-state index in [-0.39, 0.29) is 5.56 Å². The lowest BCUT2D eigenvalue weighted by Gasteiger charge is -2.32. The van der Waals surface area contributed by atoms with Gasteiger partial charge in [0.1, 0.15) is 0 Å². The van der Waals surface area contributed by atoms with Gasteiger partial charge in [-0.05, 0) is 60.4 Å². The van der Waals surface area contributed by atoms with Gasteiger partial charge in [-0.3, -0.25) is 4.79 Å². The summed E-state index contributed by atoms with van der Waals surface area (Å²) in [6, 6.07) is 24.4. The number of fused-ring (bicyclic) bond motifs is 1. The molecule has 0 radical (unpaired) electrons. The van der Waals surface area contributed by atoms with E-state index in [1.165, 1.54) is 0 Å². The van der Waals surface area contributed by atoms with Gasteiger partial charge in [-0.25, -0.2) is 4.98 Å². The van der Waals surface area contributed by atoms with E-state index >= 15 is 0 Å². The summed E-state index contributed by atoms with van der Waals surface area (Å²) in [5.74, 6) is 0. The zero-order valence-corrected chi connectivity index (χ0v) is 20.5. The van der Waals surface area contributed by atoms with Crippen LogP contribution in [0.1, 0.15) is 29.3 Å². The van der Waals surface area contributed by atoms with Crippen molar-refractivity contribution in [1.82, 2.24) is 14.1 Å². The average molecular weight is 468 g/mol. The lowest BCUT2D eigenvalue weighted by Crippen LogP contribution is -2.28. The topological polar surface area (TPSA) is 39.8 Å². The molecule has 5 rings (SSSR count). The van der Waals surface area contributed by atoms with E-state index < -0.39 is 5.41 Å². The highest BCUT2D eigenvalue weighted by Crippen LogP contribution is 2.41. The van der Waals surface area contributed by atoms with Crippen molar-refractivity contribution in [2.24, 2.45) is 14.1 Å². The van der Waals surface area contributed by atoms with Crippen LogP contribution in [-0.2, 0) is 19.5 Å². The number of aromatic nitrogens is 3. The summed E-state index contributed by atoms with van der Waals surface area (Å²) in [4.78, 5) is 17.2. The fourth-order valence-corrected chi connectivity index (χ4v) is 5.03. The van der Waals surface area contributed by atoms with E-state index in [2.05, 4.69) is 71.9 Å². The van der Waals surface area contributed by atoms with Gasteiger partial charge in [0.25, 0.3) is 5.56 Å². The molecule has 170 valence electrons. The first-order valence-electron chi connectivity index (χ1n) is 11.2. The minimum absolute atomic E-state index is 0.0242. The summed E-state index contributed by atoms with van der Waals surface area (Å²) in [6.45, 7) is 4.28. The van der Waals surface area contributed by atoms with Crippen LogP contribution in [-0.4, -0.2) is 14.1 Å². The Kier molecular flexibility index (Phi) is 5.41. The molecular weight excluding hydrogens is 442 g/mol. The van der Waals surface area contributed by atoms with Crippen molar-refractivity contribution in [1.29, 1.82) is 0 Å². The number of rotatable bonds is 4. The van der Waals surface area contributed by atoms with Crippen molar-refractivity contribution in [3.05, 3.63) is 123 Å². The SMILES string of the molecule is Cc1cccc(-c2cc(=O)n(C)c3ccc([C@](C)(c4ccc(Cl)cc4)c4cncn4C)cc23)c1. The van der Waals surface area contributed by atoms with E-state index in [1.807, 2.05) is 44.8 Å². The lowest BCUT2D eigenvalue weighted by molar-refractivity contribution is 0.626. The van der Waals surface area contributed by atoms with E-state index in [1.54, 1.807) is 10.6 Å². The largest absolute Gasteiger partial charge is 0.337 e. The molecule has 1 atom stereocenters. The Hall–Kier alpha value is -3.63. The number of hydrogen-bond donors (Lipinski definition) is 0. The van der Waals surface area contributed by atoms with Gasteiger partial charge in [-0.15, -0.1) is 0 Å². The second kappa shape index (κ2) is 8.30. The molecule has 0 unspecified atom stereocenters. The molecule has 2 aromatic heterocycles. The van der Waals surface area contributed by atoms with Gasteiger partial charge in [-0.1, -0.05) is 59.6 Å². The Bertz CT molecular complexity index is 1580. The maximum Gasteiger partial charge on any atom is 0.251 e. The molecule has 34 heavy (non-hydrogen) atoms. The van der Waals surface area contributed by atoms with Gasteiger partial charge in [0, 0.05) is 36.8 Å². The molecule has 0 spiro atoms. The highest BCUT2D eigenvalue weighted by atomic mass is 35.5. The molecule has 5 aromatic rings. The van der Waals surface area contributed by atoms with Crippen LogP contribution < -0.4 is 5.56 Å². The molecule has 3 aromatic carbocycles. The minimum Gasteiger partial charge on any atom is -0.337 e. The number of benzene rings is 3. The van der Waals surface area contributed by atoms with Crippen molar-refractivity contribution in [2.75, 3.05) is 0 Å². The number of nitrogens with zero attached hydrogens (tertiary/aromatic N) is 3. The average Bonchev–Trinajstić information content (AvgIpc) is 3.27. The zero-order valence-electron chi connectivity index (χ0n) is 19.7. The number of imidazole rings is 1. The van der Waals surface area contributed by atoms with E-state index in [0.717, 1.165) is 44.4 Å². The first-order valence-corrected chi connectivity index (χ1v) is 11.6. The maximum absolute atomic E-state index is 12.8. The number of aryl methyl sites for hydroxylation is 3. The van der Waals surface area contributed by atoms with E-state index in [4.69, 9.17) is 11.6 Å². The maximum atomic E-state index is 12.8. The Morgan fingerprint density at radius 3 is 2.32 bits per heavy atom. The van der Waals surface area contributed by atoms with Crippen LogP contribution in [0.25, 0.3) is 22.0 Å². The van der Waals surface area contributed by atoms with Gasteiger partial charge in [0.05, 0.1) is 23.0 Å². The minimum atomic E-state index is -0.484. The molecular formula is C29H26ClN3O. The summed E-state index contributed by atoms with van der Waals surface area (Å²) in [6.07, 6.45) is 3.74. The summed E-state index contributed by atoms with van der Waals surface area (Å²) in [7, 11) is 3.84. The number of halogens is 1. The molecule has 5 heteroatoms. The molecule has 0 saturated heterocycles. The summed E-state index contributed by atoms with van der Waals surface area (Å²) < 4.78 is 3.77. The van der Waals surface area contributed by atoms with Gasteiger partial charge in [0.15, 0.2) is 0 Å². The highest BCUT2D eigenvalue weighted by molar-refractivity contribution is 6.30. The molecule has 0 amide bonds. The standard InChI is InChI=1S/C29H26ClN3O/c1-19-6-5-7-20(14-19)24-16-28(34)33(4)26-13-10-22(15-25(24)26)29(2,27-17-31-18-32(27)3)21-8-11-23(30)12-9-21/h5-18H,1-4H3/t29-/m0/s1. The third-order valence-corrected chi connectivity index (χ3v) is 7.16. The molecule has 0 bridgehead atoms. The summed E-state index contributed by atoms with van der Waals surface area (Å²) >= 11 is 6.23. The molecule has 0 aliphatic carbocycles. The van der Waals surface area contributed by atoms with Crippen molar-refractivity contribution in [3.8, 4) is 11.1 Å². The molecule has 0 fully saturated rings. The Balaban J connectivity index is 1.84. The number of hydrogen-bond acceptors (Lipinski definition) is 2. The number of pyridine rings is 1. The third-order valence-electron chi connectivity index (χ3n) is 6.90.